The van der Waals surface area contributed by atoms with Crippen LogP contribution in [0.15, 0.2) is 64.0 Å². The lowest BCUT2D eigenvalue weighted by atomic mass is 9.97. The van der Waals surface area contributed by atoms with Crippen LogP contribution in [0, 0.1) is 5.92 Å². The Kier molecular flexibility index (Phi) is 7.11. The monoisotopic (exact) mass is 505 g/mol. The summed E-state index contributed by atoms with van der Waals surface area (Å²) in [7, 11) is -3.59. The Bertz CT molecular complexity index is 990. The number of halogens is 1. The van der Waals surface area contributed by atoms with E-state index in [1.54, 1.807) is 24.3 Å². The molecule has 166 valence electrons. The van der Waals surface area contributed by atoms with Crippen molar-refractivity contribution in [2.45, 2.75) is 24.3 Å². The maximum absolute atomic E-state index is 13.2. The lowest BCUT2D eigenvalue weighted by Crippen LogP contribution is -2.52. The number of piperazine rings is 1. The molecule has 8 heteroatoms. The molecule has 2 fully saturated rings. The van der Waals surface area contributed by atoms with Gasteiger partial charge in [0.25, 0.3) is 0 Å². The highest BCUT2D eigenvalue weighted by Crippen LogP contribution is 2.26. The van der Waals surface area contributed by atoms with Crippen molar-refractivity contribution in [3.05, 3.63) is 64.6 Å². The van der Waals surface area contributed by atoms with Crippen molar-refractivity contribution < 1.29 is 13.2 Å². The summed E-state index contributed by atoms with van der Waals surface area (Å²) >= 11 is 3.34. The number of nitrogens with zero attached hydrogens (tertiary/aromatic N) is 3. The summed E-state index contributed by atoms with van der Waals surface area (Å²) in [6, 6.07) is 17.0. The van der Waals surface area contributed by atoms with Gasteiger partial charge in [-0.15, -0.1) is 0 Å². The molecule has 2 heterocycles. The zero-order valence-electron chi connectivity index (χ0n) is 17.5. The second kappa shape index (κ2) is 9.81. The second-order valence-corrected chi connectivity index (χ2v) is 11.1. The van der Waals surface area contributed by atoms with E-state index in [1.807, 2.05) is 23.1 Å². The van der Waals surface area contributed by atoms with E-state index in [2.05, 4.69) is 33.0 Å². The topological polar surface area (TPSA) is 60.9 Å². The zero-order chi connectivity index (χ0) is 21.8. The summed E-state index contributed by atoms with van der Waals surface area (Å²) in [5.41, 5.74) is 1.28. The van der Waals surface area contributed by atoms with Crippen molar-refractivity contribution in [1.29, 1.82) is 0 Å². The first-order valence-electron chi connectivity index (χ1n) is 10.7. The van der Waals surface area contributed by atoms with Crippen LogP contribution in [0.4, 0.5) is 0 Å². The first-order valence-corrected chi connectivity index (χ1v) is 13.0. The Morgan fingerprint density at radius 1 is 0.935 bits per heavy atom. The van der Waals surface area contributed by atoms with Gasteiger partial charge in [0.1, 0.15) is 0 Å². The fraction of sp³-hybridized carbons (Fsp3) is 0.435. The van der Waals surface area contributed by atoms with Crippen molar-refractivity contribution in [2.75, 3.05) is 39.3 Å². The number of hydrogen-bond donors (Lipinski definition) is 0. The quantitative estimate of drug-likeness (QED) is 0.625. The Balaban J connectivity index is 1.34. The van der Waals surface area contributed by atoms with Crippen molar-refractivity contribution in [2.24, 2.45) is 5.92 Å². The molecule has 0 radical (unpaired) electrons. The highest BCUT2D eigenvalue weighted by molar-refractivity contribution is 9.10. The van der Waals surface area contributed by atoms with Gasteiger partial charge >= 0.3 is 0 Å². The molecular weight excluding hydrogens is 478 g/mol. The average Bonchev–Trinajstić information content (AvgIpc) is 2.80. The lowest BCUT2D eigenvalue weighted by molar-refractivity contribution is -0.138. The standard InChI is InChI=1S/C23H28BrN3O3S/c24-21-8-10-22(11-9-21)31(29,30)27-12-4-7-20(18-27)23(28)26-15-13-25(14-16-26)17-19-5-2-1-3-6-19/h1-3,5-6,8-11,20H,4,7,12-18H2/t20-/m0/s1. The van der Waals surface area contributed by atoms with E-state index < -0.39 is 10.0 Å². The molecule has 1 atom stereocenters. The smallest absolute Gasteiger partial charge is 0.243 e. The van der Waals surface area contributed by atoms with Gasteiger partial charge in [-0.2, -0.15) is 4.31 Å². The number of piperidine rings is 1. The van der Waals surface area contributed by atoms with Crippen LogP contribution < -0.4 is 0 Å². The minimum Gasteiger partial charge on any atom is -0.340 e. The van der Waals surface area contributed by atoms with Gasteiger partial charge in [0.05, 0.1) is 10.8 Å². The molecule has 0 unspecified atom stereocenters. The summed E-state index contributed by atoms with van der Waals surface area (Å²) < 4.78 is 28.4. The van der Waals surface area contributed by atoms with E-state index in [9.17, 15) is 13.2 Å². The minimum atomic E-state index is -3.59. The summed E-state index contributed by atoms with van der Waals surface area (Å²) in [6.45, 7) is 4.70. The van der Waals surface area contributed by atoms with Gasteiger partial charge in [0, 0.05) is 50.3 Å². The lowest BCUT2D eigenvalue weighted by Gasteiger charge is -2.38. The second-order valence-electron chi connectivity index (χ2n) is 8.24. The van der Waals surface area contributed by atoms with Crippen LogP contribution in [-0.4, -0.2) is 67.7 Å². The maximum Gasteiger partial charge on any atom is 0.243 e. The Labute approximate surface area is 193 Å². The van der Waals surface area contributed by atoms with E-state index >= 15 is 0 Å². The van der Waals surface area contributed by atoms with Crippen molar-refractivity contribution in [1.82, 2.24) is 14.1 Å². The molecular formula is C23H28BrN3O3S. The third kappa shape index (κ3) is 5.37. The zero-order valence-corrected chi connectivity index (χ0v) is 19.9. The number of carbonyl (C=O) groups is 1. The van der Waals surface area contributed by atoms with E-state index in [1.165, 1.54) is 9.87 Å². The third-order valence-electron chi connectivity index (χ3n) is 6.12. The van der Waals surface area contributed by atoms with Crippen LogP contribution in [0.25, 0.3) is 0 Å². The Morgan fingerprint density at radius 2 is 1.61 bits per heavy atom. The highest BCUT2D eigenvalue weighted by Gasteiger charge is 2.35. The predicted octanol–water partition coefficient (Wildman–Crippen LogP) is 3.19. The van der Waals surface area contributed by atoms with E-state index in [0.717, 1.165) is 30.5 Å². The molecule has 1 amide bonds. The first kappa shape index (κ1) is 22.5. The predicted molar refractivity (Wildman–Crippen MR) is 124 cm³/mol. The number of benzene rings is 2. The van der Waals surface area contributed by atoms with Gasteiger partial charge in [0.2, 0.25) is 15.9 Å². The van der Waals surface area contributed by atoms with Crippen LogP contribution in [0.2, 0.25) is 0 Å². The third-order valence-corrected chi connectivity index (χ3v) is 8.53. The molecule has 0 aliphatic carbocycles. The van der Waals surface area contributed by atoms with Crippen LogP contribution in [0.1, 0.15) is 18.4 Å². The molecule has 2 aromatic carbocycles. The fourth-order valence-corrected chi connectivity index (χ4v) is 6.13. The van der Waals surface area contributed by atoms with Crippen LogP contribution in [0.5, 0.6) is 0 Å². The largest absolute Gasteiger partial charge is 0.340 e. The number of hydrogen-bond acceptors (Lipinski definition) is 4. The summed E-state index contributed by atoms with van der Waals surface area (Å²) in [6.07, 6.45) is 1.45. The molecule has 0 spiro atoms. The molecule has 0 saturated carbocycles. The molecule has 2 aliphatic rings. The van der Waals surface area contributed by atoms with Crippen molar-refractivity contribution >= 4 is 31.9 Å². The Hall–Kier alpha value is -1.74. The number of sulfonamides is 1. The highest BCUT2D eigenvalue weighted by atomic mass is 79.9. The van der Waals surface area contributed by atoms with E-state index in [0.29, 0.717) is 26.1 Å². The Morgan fingerprint density at radius 3 is 2.29 bits per heavy atom. The van der Waals surface area contributed by atoms with Gasteiger partial charge in [-0.3, -0.25) is 9.69 Å². The SMILES string of the molecule is O=C([C@H]1CCCN(S(=O)(=O)c2ccc(Br)cc2)C1)N1CCN(Cc2ccccc2)CC1. The van der Waals surface area contributed by atoms with Gasteiger partial charge in [-0.05, 0) is 42.7 Å². The van der Waals surface area contributed by atoms with Crippen LogP contribution in [0.3, 0.4) is 0 Å². The maximum atomic E-state index is 13.2. The minimum absolute atomic E-state index is 0.0927. The number of rotatable bonds is 5. The van der Waals surface area contributed by atoms with Gasteiger partial charge in [-0.25, -0.2) is 8.42 Å². The van der Waals surface area contributed by atoms with Crippen LogP contribution in [-0.2, 0) is 21.4 Å². The normalized spacial score (nSPS) is 21.2. The van der Waals surface area contributed by atoms with Crippen LogP contribution >= 0.6 is 15.9 Å². The van der Waals surface area contributed by atoms with Crippen molar-refractivity contribution in [3.8, 4) is 0 Å². The average molecular weight is 506 g/mol. The summed E-state index contributed by atoms with van der Waals surface area (Å²) in [5, 5.41) is 0. The molecule has 2 aliphatic heterocycles. The number of carbonyl (C=O) groups excluding carboxylic acids is 1. The summed E-state index contributed by atoms with van der Waals surface area (Å²) in [5.74, 6) is -0.172. The van der Waals surface area contributed by atoms with Gasteiger partial charge in [-0.1, -0.05) is 46.3 Å². The molecule has 31 heavy (non-hydrogen) atoms. The molecule has 2 aromatic rings. The molecule has 0 aromatic heterocycles. The number of amides is 1. The molecule has 6 nitrogen and oxygen atoms in total. The summed E-state index contributed by atoms with van der Waals surface area (Å²) in [4.78, 5) is 17.7. The van der Waals surface area contributed by atoms with Gasteiger partial charge in [0.15, 0.2) is 0 Å². The molecule has 0 N–H and O–H groups in total. The van der Waals surface area contributed by atoms with E-state index in [4.69, 9.17) is 0 Å². The first-order chi connectivity index (χ1) is 14.9. The molecule has 4 rings (SSSR count). The fourth-order valence-electron chi connectivity index (χ4n) is 4.34. The van der Waals surface area contributed by atoms with Gasteiger partial charge < -0.3 is 4.90 Å². The van der Waals surface area contributed by atoms with E-state index in [-0.39, 0.29) is 23.3 Å². The van der Waals surface area contributed by atoms with Crippen molar-refractivity contribution in [3.63, 3.8) is 0 Å². The molecule has 0 bridgehead atoms. The molecule has 2 saturated heterocycles.